The van der Waals surface area contributed by atoms with Gasteiger partial charge in [-0.15, -0.1) is 5.10 Å². The molecule has 4 nitrogen and oxygen atoms in total. The average molecular weight is 296 g/mol. The van der Waals surface area contributed by atoms with Gasteiger partial charge in [-0.3, -0.25) is 5.10 Å². The Hall–Kier alpha value is -3.27. The Morgan fingerprint density at radius 3 is 2.13 bits per heavy atom. The number of para-hydroxylation sites is 2. The van der Waals surface area contributed by atoms with E-state index in [1.54, 1.807) is 0 Å². The molecule has 1 N–H and O–H groups in total. The summed E-state index contributed by atoms with van der Waals surface area (Å²) >= 11 is 0. The van der Waals surface area contributed by atoms with Gasteiger partial charge in [-0.1, -0.05) is 47.7 Å². The molecule has 0 atom stereocenters. The van der Waals surface area contributed by atoms with Crippen molar-refractivity contribution in [1.29, 1.82) is 0 Å². The van der Waals surface area contributed by atoms with Crippen LogP contribution in [0.15, 0.2) is 66.7 Å². The van der Waals surface area contributed by atoms with E-state index in [4.69, 9.17) is 4.98 Å². The van der Waals surface area contributed by atoms with Crippen LogP contribution < -0.4 is 0 Å². The van der Waals surface area contributed by atoms with Gasteiger partial charge in [0.15, 0.2) is 0 Å². The molecule has 23 heavy (non-hydrogen) atoms. The second kappa shape index (κ2) is 4.61. The molecule has 0 aliphatic heterocycles. The molecule has 5 rings (SSSR count). The number of nitrogens with zero attached hydrogens (tertiary/aromatic N) is 3. The van der Waals surface area contributed by atoms with Crippen LogP contribution in [0.25, 0.3) is 44.0 Å². The molecule has 0 aliphatic rings. The molecule has 0 saturated carbocycles. The summed E-state index contributed by atoms with van der Waals surface area (Å²) < 4.78 is 0. The van der Waals surface area contributed by atoms with Crippen molar-refractivity contribution in [1.82, 2.24) is 20.4 Å². The standard InChI is InChI=1S/C19H12N4/c1-3-7-15-13(5-1)19(14-6-2-4-8-16(14)20-15)12-9-10-17-18(11-12)22-23-21-17/h1-11H,(H,21,22,23). The second-order valence-corrected chi connectivity index (χ2v) is 5.56. The maximum absolute atomic E-state index is 4.78. The third-order valence-electron chi connectivity index (χ3n) is 4.20. The van der Waals surface area contributed by atoms with Gasteiger partial charge >= 0.3 is 0 Å². The lowest BCUT2D eigenvalue weighted by Crippen LogP contribution is -1.89. The van der Waals surface area contributed by atoms with Crippen LogP contribution in [0.2, 0.25) is 0 Å². The number of benzene rings is 3. The van der Waals surface area contributed by atoms with E-state index in [0.717, 1.165) is 38.4 Å². The number of fused-ring (bicyclic) bond motifs is 3. The molecule has 2 aromatic heterocycles. The third-order valence-corrected chi connectivity index (χ3v) is 4.20. The van der Waals surface area contributed by atoms with Crippen molar-refractivity contribution in [3.8, 4) is 11.1 Å². The van der Waals surface area contributed by atoms with Crippen LogP contribution in [0.1, 0.15) is 0 Å². The monoisotopic (exact) mass is 296 g/mol. The summed E-state index contributed by atoms with van der Waals surface area (Å²) in [5, 5.41) is 13.2. The Labute approximate surface area is 131 Å². The van der Waals surface area contributed by atoms with Crippen LogP contribution in [-0.2, 0) is 0 Å². The molecule has 0 radical (unpaired) electrons. The largest absolute Gasteiger partial charge is 0.258 e. The van der Waals surface area contributed by atoms with Gasteiger partial charge in [0.05, 0.1) is 16.6 Å². The third kappa shape index (κ3) is 1.82. The lowest BCUT2D eigenvalue weighted by Gasteiger charge is -2.11. The molecule has 4 heteroatoms. The minimum Gasteiger partial charge on any atom is -0.258 e. The Morgan fingerprint density at radius 2 is 1.39 bits per heavy atom. The molecule has 0 bridgehead atoms. The van der Waals surface area contributed by atoms with Crippen LogP contribution in [-0.4, -0.2) is 20.4 Å². The fraction of sp³-hybridized carbons (Fsp3) is 0. The first-order valence-corrected chi connectivity index (χ1v) is 7.49. The van der Waals surface area contributed by atoms with Crippen LogP contribution >= 0.6 is 0 Å². The maximum Gasteiger partial charge on any atom is 0.112 e. The second-order valence-electron chi connectivity index (χ2n) is 5.56. The van der Waals surface area contributed by atoms with Gasteiger partial charge in [0.25, 0.3) is 0 Å². The number of H-pyrrole nitrogens is 1. The van der Waals surface area contributed by atoms with E-state index in [1.807, 2.05) is 18.2 Å². The summed E-state index contributed by atoms with van der Waals surface area (Å²) in [6.07, 6.45) is 0. The molecule has 0 saturated heterocycles. The minimum absolute atomic E-state index is 0.872. The number of pyridine rings is 1. The van der Waals surface area contributed by atoms with Crippen molar-refractivity contribution in [2.45, 2.75) is 0 Å². The predicted octanol–water partition coefficient (Wildman–Crippen LogP) is 4.33. The van der Waals surface area contributed by atoms with Crippen molar-refractivity contribution >= 4 is 32.8 Å². The van der Waals surface area contributed by atoms with Crippen LogP contribution in [0, 0.1) is 0 Å². The van der Waals surface area contributed by atoms with E-state index in [1.165, 1.54) is 5.56 Å². The molecule has 2 heterocycles. The first-order valence-electron chi connectivity index (χ1n) is 7.49. The fourth-order valence-electron chi connectivity index (χ4n) is 3.15. The highest BCUT2D eigenvalue weighted by molar-refractivity contribution is 6.10. The van der Waals surface area contributed by atoms with Crippen molar-refractivity contribution in [2.24, 2.45) is 0 Å². The molecular formula is C19H12N4. The van der Waals surface area contributed by atoms with Gasteiger partial charge in [-0.25, -0.2) is 4.98 Å². The SMILES string of the molecule is c1ccc2c(-c3ccc4nn[nH]c4c3)c3ccccc3nc2c1. The number of nitrogens with one attached hydrogen (secondary N) is 1. The fourth-order valence-corrected chi connectivity index (χ4v) is 3.15. The number of rotatable bonds is 1. The van der Waals surface area contributed by atoms with E-state index in [2.05, 4.69) is 63.9 Å². The molecular weight excluding hydrogens is 284 g/mol. The lowest BCUT2D eigenvalue weighted by molar-refractivity contribution is 0.959. The number of hydrogen-bond donors (Lipinski definition) is 1. The zero-order valence-electron chi connectivity index (χ0n) is 12.2. The zero-order valence-corrected chi connectivity index (χ0v) is 12.2. The Morgan fingerprint density at radius 1 is 0.696 bits per heavy atom. The van der Waals surface area contributed by atoms with Gasteiger partial charge < -0.3 is 0 Å². The normalized spacial score (nSPS) is 11.5. The number of aromatic nitrogens is 4. The van der Waals surface area contributed by atoms with Gasteiger partial charge in [0.1, 0.15) is 5.52 Å². The summed E-state index contributed by atoms with van der Waals surface area (Å²) in [5.74, 6) is 0. The molecule has 0 spiro atoms. The molecule has 108 valence electrons. The van der Waals surface area contributed by atoms with Gasteiger partial charge in [-0.05, 0) is 29.8 Å². The zero-order chi connectivity index (χ0) is 15.2. The minimum atomic E-state index is 0.872. The highest BCUT2D eigenvalue weighted by atomic mass is 15.3. The molecule has 3 aromatic carbocycles. The van der Waals surface area contributed by atoms with Gasteiger partial charge in [0.2, 0.25) is 0 Å². The summed E-state index contributed by atoms with van der Waals surface area (Å²) in [6, 6.07) is 22.7. The Balaban J connectivity index is 1.97. The first kappa shape index (κ1) is 12.3. The predicted molar refractivity (Wildman–Crippen MR) is 92.1 cm³/mol. The van der Waals surface area contributed by atoms with Crippen molar-refractivity contribution in [3.63, 3.8) is 0 Å². The molecule has 5 aromatic rings. The number of hydrogen-bond acceptors (Lipinski definition) is 3. The molecule has 0 unspecified atom stereocenters. The van der Waals surface area contributed by atoms with Crippen LogP contribution in [0.4, 0.5) is 0 Å². The summed E-state index contributed by atoms with van der Waals surface area (Å²) in [4.78, 5) is 4.78. The first-order chi connectivity index (χ1) is 11.4. The average Bonchev–Trinajstić information content (AvgIpc) is 3.07. The molecule has 0 aliphatic carbocycles. The topological polar surface area (TPSA) is 54.5 Å². The quantitative estimate of drug-likeness (QED) is 0.468. The van der Waals surface area contributed by atoms with Crippen LogP contribution in [0.5, 0.6) is 0 Å². The smallest absolute Gasteiger partial charge is 0.112 e. The van der Waals surface area contributed by atoms with E-state index in [0.29, 0.717) is 0 Å². The Bertz CT molecular complexity index is 1120. The van der Waals surface area contributed by atoms with Crippen molar-refractivity contribution < 1.29 is 0 Å². The number of aromatic amines is 1. The summed E-state index contributed by atoms with van der Waals surface area (Å²) in [7, 11) is 0. The highest BCUT2D eigenvalue weighted by Gasteiger charge is 2.11. The van der Waals surface area contributed by atoms with Gasteiger partial charge in [0, 0.05) is 16.3 Å². The van der Waals surface area contributed by atoms with Crippen LogP contribution in [0.3, 0.4) is 0 Å². The maximum atomic E-state index is 4.78. The lowest BCUT2D eigenvalue weighted by atomic mass is 9.96. The van der Waals surface area contributed by atoms with E-state index in [9.17, 15) is 0 Å². The van der Waals surface area contributed by atoms with E-state index in [-0.39, 0.29) is 0 Å². The van der Waals surface area contributed by atoms with Gasteiger partial charge in [-0.2, -0.15) is 0 Å². The summed E-state index contributed by atoms with van der Waals surface area (Å²) in [6.45, 7) is 0. The summed E-state index contributed by atoms with van der Waals surface area (Å²) in [5.41, 5.74) is 6.15. The van der Waals surface area contributed by atoms with E-state index >= 15 is 0 Å². The molecule has 0 amide bonds. The van der Waals surface area contributed by atoms with E-state index < -0.39 is 0 Å². The Kier molecular flexibility index (Phi) is 2.46. The highest BCUT2D eigenvalue weighted by Crippen LogP contribution is 2.35. The van der Waals surface area contributed by atoms with Crippen molar-refractivity contribution in [2.75, 3.05) is 0 Å². The molecule has 0 fully saturated rings. The van der Waals surface area contributed by atoms with Crippen molar-refractivity contribution in [3.05, 3.63) is 66.7 Å².